The molecule has 0 unspecified atom stereocenters. The van der Waals surface area contributed by atoms with Gasteiger partial charge in [-0.3, -0.25) is 14.9 Å². The van der Waals surface area contributed by atoms with Crippen molar-refractivity contribution in [3.05, 3.63) is 65.5 Å². The van der Waals surface area contributed by atoms with E-state index in [0.29, 0.717) is 21.6 Å². The smallest absolute Gasteiger partial charge is 0.268 e. The molecule has 1 saturated carbocycles. The van der Waals surface area contributed by atoms with Gasteiger partial charge < -0.3 is 13.9 Å². The number of thiophene rings is 1. The molecule has 0 atom stereocenters. The maximum Gasteiger partial charge on any atom is 0.268 e. The molecular weight excluding hydrogens is 486 g/mol. The molecule has 4 heterocycles. The monoisotopic (exact) mass is 507 g/mol. The van der Waals surface area contributed by atoms with Gasteiger partial charge in [0.25, 0.3) is 5.91 Å². The van der Waals surface area contributed by atoms with Crippen molar-refractivity contribution < 1.29 is 14.0 Å². The highest BCUT2D eigenvalue weighted by Crippen LogP contribution is 2.55. The first-order valence-electron chi connectivity index (χ1n) is 11.3. The average molecular weight is 508 g/mol. The number of anilines is 1. The number of hydrogen-bond donors (Lipinski definition) is 1. The molecule has 2 aliphatic rings. The predicted molar refractivity (Wildman–Crippen MR) is 135 cm³/mol. The van der Waals surface area contributed by atoms with E-state index in [1.807, 2.05) is 29.2 Å². The Morgan fingerprint density at radius 2 is 2.14 bits per heavy atom. The molecule has 8 nitrogen and oxygen atoms in total. The summed E-state index contributed by atoms with van der Waals surface area (Å²) in [5.41, 5.74) is 1.76. The van der Waals surface area contributed by atoms with Crippen molar-refractivity contribution in [1.29, 1.82) is 0 Å². The molecule has 0 bridgehead atoms. The molecule has 1 N–H and O–H groups in total. The number of hydrogen-bond acceptors (Lipinski definition) is 6. The van der Waals surface area contributed by atoms with E-state index >= 15 is 0 Å². The minimum absolute atomic E-state index is 0.0124. The van der Waals surface area contributed by atoms with Gasteiger partial charge in [0.1, 0.15) is 0 Å². The Morgan fingerprint density at radius 1 is 1.29 bits per heavy atom. The second kappa shape index (κ2) is 8.35. The van der Waals surface area contributed by atoms with Gasteiger partial charge in [0.2, 0.25) is 11.9 Å². The molecule has 178 valence electrons. The number of imidazole rings is 1. The third-order valence-electron chi connectivity index (χ3n) is 7.01. The zero-order chi connectivity index (χ0) is 24.2. The lowest BCUT2D eigenvalue weighted by Gasteiger charge is -2.46. The lowest BCUT2D eigenvalue weighted by molar-refractivity contribution is -0.125. The summed E-state index contributed by atoms with van der Waals surface area (Å²) < 4.78 is 7.45. The Morgan fingerprint density at radius 3 is 2.91 bits per heavy atom. The second-order valence-electron chi connectivity index (χ2n) is 9.20. The predicted octanol–water partition coefficient (Wildman–Crippen LogP) is 5.40. The molecule has 1 spiro atoms. The highest BCUT2D eigenvalue weighted by molar-refractivity contribution is 7.17. The van der Waals surface area contributed by atoms with Crippen LogP contribution in [-0.2, 0) is 4.79 Å². The van der Waals surface area contributed by atoms with Gasteiger partial charge in [0.15, 0.2) is 12.2 Å². The highest BCUT2D eigenvalue weighted by atomic mass is 35.5. The zero-order valence-electron chi connectivity index (χ0n) is 18.7. The van der Waals surface area contributed by atoms with Crippen molar-refractivity contribution in [2.45, 2.75) is 25.3 Å². The molecule has 1 aliphatic heterocycles. The summed E-state index contributed by atoms with van der Waals surface area (Å²) in [6.07, 6.45) is 7.18. The average Bonchev–Trinajstić information content (AvgIpc) is 3.62. The molecule has 4 aromatic rings. The number of halogens is 1. The van der Waals surface area contributed by atoms with Crippen LogP contribution in [0.5, 0.6) is 0 Å². The van der Waals surface area contributed by atoms with Gasteiger partial charge in [0.05, 0.1) is 27.0 Å². The lowest BCUT2D eigenvalue weighted by Crippen LogP contribution is -2.42. The highest BCUT2D eigenvalue weighted by Gasteiger charge is 2.50. The Labute approximate surface area is 210 Å². The van der Waals surface area contributed by atoms with Gasteiger partial charge >= 0.3 is 0 Å². The number of rotatable bonds is 5. The summed E-state index contributed by atoms with van der Waals surface area (Å²) in [5.74, 6) is 0.873. The van der Waals surface area contributed by atoms with Crippen LogP contribution in [0.25, 0.3) is 21.7 Å². The number of likely N-dealkylation sites (tertiary alicyclic amines) is 1. The summed E-state index contributed by atoms with van der Waals surface area (Å²) in [6, 6.07) is 9.37. The van der Waals surface area contributed by atoms with Crippen LogP contribution in [0.1, 0.15) is 35.0 Å². The Kier molecular flexibility index (Phi) is 5.26. The lowest BCUT2D eigenvalue weighted by atomic mass is 9.65. The number of nitrogens with zero attached hydrogens (tertiary/aromatic N) is 4. The number of oxazole rings is 1. The molecule has 1 aromatic carbocycles. The quantitative estimate of drug-likeness (QED) is 0.365. The number of carbonyl (C=O) groups excluding carboxylic acids is 2. The standard InChI is InChI=1S/C25H22ClN5O3S/c1-2-22(32)30-8-7-25(13-30)10-16(11-25)31-18-4-3-15(26)9-17(18)28-24(31)29-23(33)21-6-5-20(35-21)19-12-27-14-34-19/h2-6,9,12,14,16H,1,7-8,10-11,13H2,(H,28,29,33)/t16-,25+. The fraction of sp³-hybridized carbons (Fsp3) is 0.280. The third-order valence-corrected chi connectivity index (χ3v) is 8.34. The van der Waals surface area contributed by atoms with E-state index in [4.69, 9.17) is 21.0 Å². The first-order chi connectivity index (χ1) is 16.9. The molecule has 3 aromatic heterocycles. The van der Waals surface area contributed by atoms with Gasteiger partial charge in [-0.25, -0.2) is 9.97 Å². The van der Waals surface area contributed by atoms with Gasteiger partial charge in [-0.15, -0.1) is 11.3 Å². The Bertz CT molecular complexity index is 1450. The molecule has 35 heavy (non-hydrogen) atoms. The summed E-state index contributed by atoms with van der Waals surface area (Å²) >= 11 is 7.56. The zero-order valence-corrected chi connectivity index (χ0v) is 20.3. The van der Waals surface area contributed by atoms with Crippen molar-refractivity contribution in [2.75, 3.05) is 18.4 Å². The van der Waals surface area contributed by atoms with Gasteiger partial charge in [0, 0.05) is 24.2 Å². The number of benzene rings is 1. The molecule has 2 amide bonds. The van der Waals surface area contributed by atoms with Crippen molar-refractivity contribution in [3.8, 4) is 10.6 Å². The summed E-state index contributed by atoms with van der Waals surface area (Å²) in [5, 5.41) is 3.61. The van der Waals surface area contributed by atoms with Crippen molar-refractivity contribution in [1.82, 2.24) is 19.4 Å². The van der Waals surface area contributed by atoms with E-state index in [9.17, 15) is 9.59 Å². The first-order valence-corrected chi connectivity index (χ1v) is 12.5. The van der Waals surface area contributed by atoms with Gasteiger partial charge in [-0.2, -0.15) is 0 Å². The number of nitrogens with one attached hydrogen (secondary N) is 1. The van der Waals surface area contributed by atoms with Crippen LogP contribution in [-0.4, -0.2) is 44.3 Å². The number of carbonyl (C=O) groups is 2. The van der Waals surface area contributed by atoms with E-state index in [1.165, 1.54) is 23.8 Å². The normalized spacial score (nSPS) is 21.4. The van der Waals surface area contributed by atoms with Gasteiger partial charge in [-0.1, -0.05) is 18.2 Å². The Hall–Kier alpha value is -3.43. The van der Waals surface area contributed by atoms with E-state index < -0.39 is 0 Å². The molecule has 10 heteroatoms. The molecular formula is C25H22ClN5O3S. The fourth-order valence-corrected chi connectivity index (χ4v) is 6.35. The summed E-state index contributed by atoms with van der Waals surface area (Å²) in [4.78, 5) is 37.1. The van der Waals surface area contributed by atoms with E-state index in [2.05, 4.69) is 21.4 Å². The Balaban J connectivity index is 1.27. The van der Waals surface area contributed by atoms with Crippen molar-refractivity contribution >= 4 is 51.7 Å². The van der Waals surface area contributed by atoms with Crippen LogP contribution in [0.3, 0.4) is 0 Å². The molecule has 0 radical (unpaired) electrons. The van der Waals surface area contributed by atoms with Crippen molar-refractivity contribution in [3.63, 3.8) is 0 Å². The maximum absolute atomic E-state index is 13.1. The SMILES string of the molecule is C=CC(=O)N1CC[C@]2(C1)C[C@@H](n1c(NC(=O)c3ccc(-c4cnco4)s3)nc3cc(Cl)ccc31)C2. The summed E-state index contributed by atoms with van der Waals surface area (Å²) in [7, 11) is 0. The van der Waals surface area contributed by atoms with Crippen LogP contribution in [0.2, 0.25) is 5.02 Å². The number of aromatic nitrogens is 3. The largest absolute Gasteiger partial charge is 0.443 e. The second-order valence-corrected chi connectivity index (χ2v) is 10.7. The number of amides is 2. The molecule has 1 saturated heterocycles. The van der Waals surface area contributed by atoms with Crippen LogP contribution in [0.4, 0.5) is 5.95 Å². The number of fused-ring (bicyclic) bond motifs is 1. The third kappa shape index (κ3) is 3.84. The van der Waals surface area contributed by atoms with Crippen LogP contribution in [0, 0.1) is 5.41 Å². The minimum atomic E-state index is -0.235. The minimum Gasteiger partial charge on any atom is -0.443 e. The van der Waals surface area contributed by atoms with E-state index in [1.54, 1.807) is 12.3 Å². The fourth-order valence-electron chi connectivity index (χ4n) is 5.33. The van der Waals surface area contributed by atoms with Crippen LogP contribution in [0.15, 0.2) is 60.0 Å². The van der Waals surface area contributed by atoms with Gasteiger partial charge in [-0.05, 0) is 61.1 Å². The molecule has 1 aliphatic carbocycles. The topological polar surface area (TPSA) is 93.3 Å². The maximum atomic E-state index is 13.1. The summed E-state index contributed by atoms with van der Waals surface area (Å²) in [6.45, 7) is 5.11. The van der Waals surface area contributed by atoms with Crippen LogP contribution >= 0.6 is 22.9 Å². The first kappa shape index (κ1) is 22.1. The molecule has 2 fully saturated rings. The molecule has 6 rings (SSSR count). The van der Waals surface area contributed by atoms with E-state index in [0.717, 1.165) is 48.3 Å². The van der Waals surface area contributed by atoms with Crippen LogP contribution < -0.4 is 5.32 Å². The van der Waals surface area contributed by atoms with E-state index in [-0.39, 0.29) is 23.3 Å². The van der Waals surface area contributed by atoms with Crippen molar-refractivity contribution in [2.24, 2.45) is 5.41 Å².